The van der Waals surface area contributed by atoms with Gasteiger partial charge in [-0.1, -0.05) is 25.1 Å². The number of fused-ring (bicyclic) bond motifs is 1. The number of anilines is 1. The van der Waals surface area contributed by atoms with Crippen LogP contribution in [0.5, 0.6) is 5.75 Å². The average molecular weight is 606 g/mol. The predicted molar refractivity (Wildman–Crippen MR) is 151 cm³/mol. The Kier molecular flexibility index (Phi) is 9.02. The van der Waals surface area contributed by atoms with Crippen molar-refractivity contribution in [2.75, 3.05) is 31.5 Å². The van der Waals surface area contributed by atoms with Gasteiger partial charge in [-0.05, 0) is 61.5 Å². The van der Waals surface area contributed by atoms with Crippen LogP contribution in [0.25, 0.3) is 0 Å². The zero-order valence-corrected chi connectivity index (χ0v) is 24.4. The first-order valence-electron chi connectivity index (χ1n) is 12.9. The summed E-state index contributed by atoms with van der Waals surface area (Å²) in [6, 6.07) is 15.9. The number of amides is 1. The standard InChI is InChI=1S/C28H32FN3O7S2/c1-19-16-32(20(2)18-33)28(34)25-15-22(30-40(35,36)23-12-9-21(29)10-13-23)11-14-26(25)39-27(19)17-31(3)41(37,38)24-7-5-4-6-8-24/h4-15,19-20,27,30,33H,16-18H2,1-3H3/t19-,20+,27+/m1/s1. The molecule has 0 saturated carbocycles. The van der Waals surface area contributed by atoms with E-state index in [-0.39, 0.29) is 52.4 Å². The van der Waals surface area contributed by atoms with Crippen molar-refractivity contribution in [3.63, 3.8) is 0 Å². The fourth-order valence-corrected chi connectivity index (χ4v) is 6.71. The number of rotatable bonds is 9. The molecule has 0 fully saturated rings. The topological polar surface area (TPSA) is 133 Å². The first-order valence-corrected chi connectivity index (χ1v) is 15.8. The number of carbonyl (C=O) groups is 1. The van der Waals surface area contributed by atoms with E-state index in [1.165, 1.54) is 46.6 Å². The van der Waals surface area contributed by atoms with Crippen molar-refractivity contribution >= 4 is 31.6 Å². The number of nitrogens with one attached hydrogen (secondary N) is 1. The van der Waals surface area contributed by atoms with Crippen LogP contribution in [0.15, 0.2) is 82.6 Å². The number of carbonyl (C=O) groups excluding carboxylic acids is 1. The molecule has 1 heterocycles. The maximum Gasteiger partial charge on any atom is 0.261 e. The van der Waals surface area contributed by atoms with E-state index in [0.29, 0.717) is 0 Å². The Morgan fingerprint density at radius 3 is 2.34 bits per heavy atom. The molecule has 0 unspecified atom stereocenters. The molecule has 3 aromatic carbocycles. The van der Waals surface area contributed by atoms with Gasteiger partial charge in [-0.15, -0.1) is 0 Å². The summed E-state index contributed by atoms with van der Waals surface area (Å²) in [6.45, 7) is 3.29. The van der Waals surface area contributed by atoms with E-state index in [1.54, 1.807) is 25.1 Å². The lowest BCUT2D eigenvalue weighted by Crippen LogP contribution is -2.50. The number of nitrogens with zero attached hydrogens (tertiary/aromatic N) is 2. The minimum Gasteiger partial charge on any atom is -0.488 e. The quantitative estimate of drug-likeness (QED) is 0.383. The van der Waals surface area contributed by atoms with Gasteiger partial charge in [-0.25, -0.2) is 21.2 Å². The van der Waals surface area contributed by atoms with Gasteiger partial charge in [0.1, 0.15) is 17.7 Å². The molecule has 220 valence electrons. The SMILES string of the molecule is C[C@@H]1CN([C@@H](C)CO)C(=O)c2cc(NS(=O)(=O)c3ccc(F)cc3)ccc2O[C@H]1CN(C)S(=O)(=O)c1ccccc1. The molecular weight excluding hydrogens is 573 g/mol. The Hall–Kier alpha value is -3.52. The molecule has 1 aliphatic heterocycles. The number of likely N-dealkylation sites (N-methyl/N-ethyl adjacent to an activating group) is 1. The molecule has 0 spiro atoms. The maximum atomic E-state index is 13.6. The number of hydrogen-bond donors (Lipinski definition) is 2. The number of ether oxygens (including phenoxy) is 1. The molecule has 3 aromatic rings. The van der Waals surface area contributed by atoms with Crippen LogP contribution in [-0.2, 0) is 20.0 Å². The summed E-state index contributed by atoms with van der Waals surface area (Å²) in [6.07, 6.45) is -0.694. The Morgan fingerprint density at radius 2 is 1.71 bits per heavy atom. The number of aliphatic hydroxyl groups is 1. The first kappa shape index (κ1) is 30.4. The van der Waals surface area contributed by atoms with E-state index in [1.807, 2.05) is 6.92 Å². The molecular formula is C28H32FN3O7S2. The molecule has 0 saturated heterocycles. The van der Waals surface area contributed by atoms with Crippen LogP contribution in [0.3, 0.4) is 0 Å². The van der Waals surface area contributed by atoms with Crippen molar-refractivity contribution in [1.29, 1.82) is 0 Å². The summed E-state index contributed by atoms with van der Waals surface area (Å²) in [5.74, 6) is -1.28. The molecule has 2 N–H and O–H groups in total. The third kappa shape index (κ3) is 6.70. The summed E-state index contributed by atoms with van der Waals surface area (Å²) in [4.78, 5) is 15.1. The highest BCUT2D eigenvalue weighted by atomic mass is 32.2. The molecule has 10 nitrogen and oxygen atoms in total. The zero-order valence-electron chi connectivity index (χ0n) is 22.8. The fraction of sp³-hybridized carbons (Fsp3) is 0.321. The first-order chi connectivity index (χ1) is 19.3. The van der Waals surface area contributed by atoms with Crippen LogP contribution in [0.4, 0.5) is 10.1 Å². The summed E-state index contributed by atoms with van der Waals surface area (Å²) in [5, 5.41) is 9.87. The van der Waals surface area contributed by atoms with Crippen molar-refractivity contribution in [2.45, 2.75) is 35.8 Å². The van der Waals surface area contributed by atoms with Gasteiger partial charge < -0.3 is 14.7 Å². The minimum atomic E-state index is -4.10. The molecule has 3 atom stereocenters. The number of benzene rings is 3. The van der Waals surface area contributed by atoms with E-state index in [2.05, 4.69) is 4.72 Å². The second-order valence-electron chi connectivity index (χ2n) is 9.99. The van der Waals surface area contributed by atoms with Gasteiger partial charge in [0, 0.05) is 25.2 Å². The van der Waals surface area contributed by atoms with Crippen LogP contribution in [-0.4, -0.2) is 75.9 Å². The highest BCUT2D eigenvalue weighted by molar-refractivity contribution is 7.92. The number of hydrogen-bond acceptors (Lipinski definition) is 7. The average Bonchev–Trinajstić information content (AvgIpc) is 2.95. The van der Waals surface area contributed by atoms with Crippen molar-refractivity contribution in [2.24, 2.45) is 5.92 Å². The Labute approximate surface area is 239 Å². The second-order valence-corrected chi connectivity index (χ2v) is 13.7. The van der Waals surface area contributed by atoms with Crippen molar-refractivity contribution in [3.05, 3.63) is 84.2 Å². The van der Waals surface area contributed by atoms with Crippen LogP contribution in [0.2, 0.25) is 0 Å². The van der Waals surface area contributed by atoms with Gasteiger partial charge in [0.2, 0.25) is 10.0 Å². The predicted octanol–water partition coefficient (Wildman–Crippen LogP) is 3.17. The van der Waals surface area contributed by atoms with E-state index in [0.717, 1.165) is 24.3 Å². The largest absolute Gasteiger partial charge is 0.488 e. The van der Waals surface area contributed by atoms with Crippen LogP contribution in [0, 0.1) is 11.7 Å². The maximum absolute atomic E-state index is 13.6. The molecule has 1 amide bonds. The third-order valence-electron chi connectivity index (χ3n) is 6.93. The van der Waals surface area contributed by atoms with Gasteiger partial charge in [0.05, 0.1) is 34.5 Å². The van der Waals surface area contributed by atoms with Crippen LogP contribution >= 0.6 is 0 Å². The molecule has 4 rings (SSSR count). The lowest BCUT2D eigenvalue weighted by molar-refractivity contribution is 0.0387. The second kappa shape index (κ2) is 12.1. The normalized spacial score (nSPS) is 18.7. The molecule has 0 radical (unpaired) electrons. The zero-order chi connectivity index (χ0) is 29.9. The van der Waals surface area contributed by atoms with E-state index >= 15 is 0 Å². The van der Waals surface area contributed by atoms with Gasteiger partial charge >= 0.3 is 0 Å². The highest BCUT2D eigenvalue weighted by Gasteiger charge is 2.35. The third-order valence-corrected chi connectivity index (χ3v) is 10.2. The summed E-state index contributed by atoms with van der Waals surface area (Å²) in [7, 11) is -6.48. The van der Waals surface area contributed by atoms with Gasteiger partial charge in [0.15, 0.2) is 0 Å². The summed E-state index contributed by atoms with van der Waals surface area (Å²) < 4.78 is 75.2. The van der Waals surface area contributed by atoms with Crippen LogP contribution in [0.1, 0.15) is 24.2 Å². The number of aliphatic hydroxyl groups excluding tert-OH is 1. The van der Waals surface area contributed by atoms with E-state index < -0.39 is 43.9 Å². The van der Waals surface area contributed by atoms with Gasteiger partial charge in [-0.3, -0.25) is 9.52 Å². The molecule has 0 bridgehead atoms. The van der Waals surface area contributed by atoms with Crippen LogP contribution < -0.4 is 9.46 Å². The Balaban J connectivity index is 1.68. The molecule has 13 heteroatoms. The monoisotopic (exact) mass is 605 g/mol. The Morgan fingerprint density at radius 1 is 1.05 bits per heavy atom. The van der Waals surface area contributed by atoms with E-state index in [9.17, 15) is 31.1 Å². The van der Waals surface area contributed by atoms with Gasteiger partial charge in [-0.2, -0.15) is 4.31 Å². The lowest BCUT2D eigenvalue weighted by atomic mass is 9.99. The molecule has 0 aromatic heterocycles. The summed E-state index contributed by atoms with van der Waals surface area (Å²) in [5.41, 5.74) is 0.102. The summed E-state index contributed by atoms with van der Waals surface area (Å²) >= 11 is 0. The van der Waals surface area contributed by atoms with E-state index in [4.69, 9.17) is 4.74 Å². The minimum absolute atomic E-state index is 0.0354. The molecule has 41 heavy (non-hydrogen) atoms. The smallest absolute Gasteiger partial charge is 0.261 e. The fourth-order valence-electron chi connectivity index (χ4n) is 4.46. The number of halogens is 1. The lowest BCUT2D eigenvalue weighted by Gasteiger charge is -2.38. The van der Waals surface area contributed by atoms with Crippen molar-refractivity contribution in [3.8, 4) is 5.75 Å². The van der Waals surface area contributed by atoms with Crippen molar-refractivity contribution in [1.82, 2.24) is 9.21 Å². The highest BCUT2D eigenvalue weighted by Crippen LogP contribution is 2.32. The van der Waals surface area contributed by atoms with Gasteiger partial charge in [0.25, 0.3) is 15.9 Å². The molecule has 1 aliphatic rings. The number of sulfonamides is 2. The Bertz CT molecular complexity index is 1600. The molecule has 0 aliphatic carbocycles. The van der Waals surface area contributed by atoms with Crippen molar-refractivity contribution < 1.29 is 35.9 Å².